The van der Waals surface area contributed by atoms with Crippen LogP contribution in [0.15, 0.2) is 12.3 Å². The van der Waals surface area contributed by atoms with E-state index in [9.17, 15) is 0 Å². The van der Waals surface area contributed by atoms with Gasteiger partial charge in [0.2, 0.25) is 0 Å². The van der Waals surface area contributed by atoms with Gasteiger partial charge in [0.05, 0.1) is 0 Å². The summed E-state index contributed by atoms with van der Waals surface area (Å²) in [6.45, 7) is 12.9. The first kappa shape index (κ1) is 12.3. The van der Waals surface area contributed by atoms with Gasteiger partial charge in [-0.2, -0.15) is 0 Å². The lowest BCUT2D eigenvalue weighted by atomic mass is 9.98. The molecule has 0 aliphatic rings. The molecule has 1 rings (SSSR count). The molecule has 0 aromatic carbocycles. The second kappa shape index (κ2) is 5.85. The summed E-state index contributed by atoms with van der Waals surface area (Å²) >= 11 is 0. The van der Waals surface area contributed by atoms with Crippen LogP contribution in [0.4, 0.5) is 0 Å². The topological polar surface area (TPSA) is 15.8 Å². The van der Waals surface area contributed by atoms with Gasteiger partial charge < -0.3 is 4.98 Å². The van der Waals surface area contributed by atoms with Crippen LogP contribution in [0.3, 0.4) is 0 Å². The number of hydrogen-bond donors (Lipinski definition) is 1. The number of H-pyrrole nitrogens is 1. The van der Waals surface area contributed by atoms with E-state index in [1.54, 1.807) is 0 Å². The van der Waals surface area contributed by atoms with Gasteiger partial charge >= 0.3 is 0 Å². The van der Waals surface area contributed by atoms with Crippen LogP contribution in [0.5, 0.6) is 0 Å². The minimum absolute atomic E-state index is 0.613. The molecular weight excluding hydrogens is 158 g/mol. The van der Waals surface area contributed by atoms with E-state index >= 15 is 0 Å². The third-order valence-corrected chi connectivity index (χ3v) is 2.01. The molecule has 0 radical (unpaired) electrons. The van der Waals surface area contributed by atoms with Crippen LogP contribution in [-0.2, 0) is 0 Å². The average molecular weight is 181 g/mol. The SMILES string of the molecule is CC.CC(C)c1cc[nH]c1C(C)C. The third-order valence-electron chi connectivity index (χ3n) is 2.01. The smallest absolute Gasteiger partial charge is 0.0208 e. The van der Waals surface area contributed by atoms with Gasteiger partial charge in [0, 0.05) is 11.9 Å². The fraction of sp³-hybridized carbons (Fsp3) is 0.667. The Morgan fingerprint density at radius 1 is 1.00 bits per heavy atom. The summed E-state index contributed by atoms with van der Waals surface area (Å²) in [6, 6.07) is 2.18. The summed E-state index contributed by atoms with van der Waals surface area (Å²) in [7, 11) is 0. The van der Waals surface area contributed by atoms with Crippen molar-refractivity contribution in [2.24, 2.45) is 0 Å². The Morgan fingerprint density at radius 2 is 1.54 bits per heavy atom. The maximum atomic E-state index is 3.29. The summed E-state index contributed by atoms with van der Waals surface area (Å²) in [4.78, 5) is 3.29. The molecule has 1 aromatic heterocycles. The molecule has 0 atom stereocenters. The zero-order chi connectivity index (χ0) is 10.4. The van der Waals surface area contributed by atoms with E-state index in [2.05, 4.69) is 38.7 Å². The lowest BCUT2D eigenvalue weighted by Crippen LogP contribution is -1.95. The zero-order valence-corrected chi connectivity index (χ0v) is 9.81. The summed E-state index contributed by atoms with van der Waals surface area (Å²) in [6.07, 6.45) is 2.03. The molecule has 0 saturated carbocycles. The zero-order valence-electron chi connectivity index (χ0n) is 9.81. The molecule has 0 aliphatic heterocycles. The largest absolute Gasteiger partial charge is 0.365 e. The van der Waals surface area contributed by atoms with Crippen molar-refractivity contribution in [3.05, 3.63) is 23.5 Å². The number of rotatable bonds is 2. The average Bonchev–Trinajstić information content (AvgIpc) is 2.55. The van der Waals surface area contributed by atoms with Crippen LogP contribution in [0.25, 0.3) is 0 Å². The van der Waals surface area contributed by atoms with Crippen molar-refractivity contribution >= 4 is 0 Å². The summed E-state index contributed by atoms with van der Waals surface area (Å²) in [5.41, 5.74) is 2.85. The molecule has 76 valence electrons. The van der Waals surface area contributed by atoms with E-state index in [1.807, 2.05) is 20.0 Å². The van der Waals surface area contributed by atoms with Crippen molar-refractivity contribution in [3.63, 3.8) is 0 Å². The summed E-state index contributed by atoms with van der Waals surface area (Å²) in [5, 5.41) is 0. The molecule has 0 unspecified atom stereocenters. The van der Waals surface area contributed by atoms with Gasteiger partial charge in [-0.3, -0.25) is 0 Å². The monoisotopic (exact) mass is 181 g/mol. The van der Waals surface area contributed by atoms with Crippen LogP contribution in [-0.4, -0.2) is 4.98 Å². The second-order valence-corrected chi connectivity index (χ2v) is 3.66. The maximum Gasteiger partial charge on any atom is 0.0208 e. The molecule has 1 heterocycles. The van der Waals surface area contributed by atoms with E-state index in [0.29, 0.717) is 11.8 Å². The van der Waals surface area contributed by atoms with Gasteiger partial charge in [-0.15, -0.1) is 0 Å². The lowest BCUT2D eigenvalue weighted by molar-refractivity contribution is 0.774. The van der Waals surface area contributed by atoms with Crippen LogP contribution in [0.2, 0.25) is 0 Å². The summed E-state index contributed by atoms with van der Waals surface area (Å²) < 4.78 is 0. The lowest BCUT2D eigenvalue weighted by Gasteiger charge is -2.09. The molecule has 0 saturated heterocycles. The molecule has 1 nitrogen and oxygen atoms in total. The molecule has 0 bridgehead atoms. The van der Waals surface area contributed by atoms with Gasteiger partial charge in [-0.05, 0) is 23.5 Å². The van der Waals surface area contributed by atoms with Crippen LogP contribution in [0, 0.1) is 0 Å². The third kappa shape index (κ3) is 3.25. The van der Waals surface area contributed by atoms with E-state index in [4.69, 9.17) is 0 Å². The van der Waals surface area contributed by atoms with Crippen molar-refractivity contribution in [3.8, 4) is 0 Å². The number of nitrogens with one attached hydrogen (secondary N) is 1. The van der Waals surface area contributed by atoms with Gasteiger partial charge in [0.1, 0.15) is 0 Å². The number of aromatic amines is 1. The first-order valence-electron chi connectivity index (χ1n) is 5.30. The predicted molar refractivity (Wildman–Crippen MR) is 60.3 cm³/mol. The molecule has 0 amide bonds. The fourth-order valence-corrected chi connectivity index (χ4v) is 1.40. The van der Waals surface area contributed by atoms with Crippen molar-refractivity contribution < 1.29 is 0 Å². The van der Waals surface area contributed by atoms with Crippen LogP contribution >= 0.6 is 0 Å². The van der Waals surface area contributed by atoms with Crippen molar-refractivity contribution in [2.45, 2.75) is 53.4 Å². The van der Waals surface area contributed by atoms with E-state index in [0.717, 1.165) is 0 Å². The highest BCUT2D eigenvalue weighted by molar-refractivity contribution is 5.26. The number of hydrogen-bond acceptors (Lipinski definition) is 0. The maximum absolute atomic E-state index is 3.29. The highest BCUT2D eigenvalue weighted by atomic mass is 14.7. The summed E-state index contributed by atoms with van der Waals surface area (Å²) in [5.74, 6) is 1.25. The predicted octanol–water partition coefficient (Wildman–Crippen LogP) is 4.29. The molecule has 13 heavy (non-hydrogen) atoms. The highest BCUT2D eigenvalue weighted by Gasteiger charge is 2.09. The minimum atomic E-state index is 0.613. The molecular formula is C12H23N. The van der Waals surface area contributed by atoms with Gasteiger partial charge in [-0.1, -0.05) is 41.5 Å². The Balaban J connectivity index is 0.000000671. The Kier molecular flexibility index (Phi) is 5.52. The van der Waals surface area contributed by atoms with Gasteiger partial charge in [0.15, 0.2) is 0 Å². The quantitative estimate of drug-likeness (QED) is 0.700. The Morgan fingerprint density at radius 3 is 1.85 bits per heavy atom. The van der Waals surface area contributed by atoms with Crippen molar-refractivity contribution in [1.82, 2.24) is 4.98 Å². The van der Waals surface area contributed by atoms with Gasteiger partial charge in [0.25, 0.3) is 0 Å². The van der Waals surface area contributed by atoms with Crippen molar-refractivity contribution in [1.29, 1.82) is 0 Å². The molecule has 0 fully saturated rings. The van der Waals surface area contributed by atoms with E-state index in [-0.39, 0.29) is 0 Å². The molecule has 0 aliphatic carbocycles. The van der Waals surface area contributed by atoms with Crippen molar-refractivity contribution in [2.75, 3.05) is 0 Å². The second-order valence-electron chi connectivity index (χ2n) is 3.66. The first-order chi connectivity index (χ1) is 6.13. The fourth-order valence-electron chi connectivity index (χ4n) is 1.40. The normalized spacial score (nSPS) is 10.2. The molecule has 1 aromatic rings. The first-order valence-corrected chi connectivity index (χ1v) is 5.30. The Bertz CT molecular complexity index is 198. The standard InChI is InChI=1S/C10H17N.C2H6/c1-7(2)9-5-6-11-10(9)8(3)4;1-2/h5-8,11H,1-4H3;1-2H3. The van der Waals surface area contributed by atoms with Gasteiger partial charge in [-0.25, -0.2) is 0 Å². The number of aromatic nitrogens is 1. The highest BCUT2D eigenvalue weighted by Crippen LogP contribution is 2.24. The molecule has 0 spiro atoms. The van der Waals surface area contributed by atoms with Crippen LogP contribution < -0.4 is 0 Å². The van der Waals surface area contributed by atoms with E-state index in [1.165, 1.54) is 11.3 Å². The van der Waals surface area contributed by atoms with E-state index < -0.39 is 0 Å². The Labute approximate surface area is 82.6 Å². The molecule has 1 heteroatoms. The van der Waals surface area contributed by atoms with Crippen LogP contribution in [0.1, 0.15) is 64.6 Å². The minimum Gasteiger partial charge on any atom is -0.365 e. The Hall–Kier alpha value is -0.720. The molecule has 1 N–H and O–H groups in total.